The van der Waals surface area contributed by atoms with E-state index in [0.29, 0.717) is 41.8 Å². The van der Waals surface area contributed by atoms with Gasteiger partial charge in [-0.25, -0.2) is 13.6 Å². The largest absolute Gasteiger partial charge is 0.480 e. The summed E-state index contributed by atoms with van der Waals surface area (Å²) in [6.45, 7) is 3.71. The number of nitriles is 1. The molecule has 7 nitrogen and oxygen atoms in total. The van der Waals surface area contributed by atoms with Gasteiger partial charge in [-0.1, -0.05) is 11.6 Å². The summed E-state index contributed by atoms with van der Waals surface area (Å²) in [5.41, 5.74) is -0.879. The summed E-state index contributed by atoms with van der Waals surface area (Å²) in [5.74, 6) is 1.83. The zero-order chi connectivity index (χ0) is 21.7. The molecule has 0 aliphatic heterocycles. The zero-order valence-electron chi connectivity index (χ0n) is 17.1. The third-order valence-electron chi connectivity index (χ3n) is 7.04. The van der Waals surface area contributed by atoms with Crippen LogP contribution >= 0.6 is 11.6 Å². The molecule has 2 atom stereocenters. The van der Waals surface area contributed by atoms with Gasteiger partial charge in [0.2, 0.25) is 16.2 Å². The Balaban J connectivity index is 1.55. The Bertz CT molecular complexity index is 984. The number of hydrogen-bond donors (Lipinski definition) is 2. The van der Waals surface area contributed by atoms with Crippen molar-refractivity contribution in [3.8, 4) is 11.9 Å². The van der Waals surface area contributed by atoms with Crippen LogP contribution in [-0.4, -0.2) is 30.6 Å². The van der Waals surface area contributed by atoms with Crippen LogP contribution in [0, 0.1) is 29.2 Å². The van der Waals surface area contributed by atoms with E-state index in [1.807, 2.05) is 20.0 Å². The van der Waals surface area contributed by atoms with Gasteiger partial charge in [-0.3, -0.25) is 0 Å². The number of nitrogens with one attached hydrogen (secondary N) is 1. The third-order valence-corrected chi connectivity index (χ3v) is 9.00. The van der Waals surface area contributed by atoms with E-state index < -0.39 is 20.4 Å². The number of nitrogens with zero attached hydrogens (tertiary/aromatic N) is 2. The number of sulfonamides is 1. The summed E-state index contributed by atoms with van der Waals surface area (Å²) in [6.07, 6.45) is 5.64. The van der Waals surface area contributed by atoms with E-state index in [9.17, 15) is 13.7 Å². The average molecular weight is 451 g/mol. The number of primary sulfonamides is 1. The Morgan fingerprint density at radius 1 is 1.27 bits per heavy atom. The van der Waals surface area contributed by atoms with Crippen LogP contribution in [-0.2, 0) is 10.0 Å². The van der Waals surface area contributed by atoms with Crippen molar-refractivity contribution in [3.63, 3.8) is 0 Å². The van der Waals surface area contributed by atoms with E-state index in [0.717, 1.165) is 12.8 Å². The summed E-state index contributed by atoms with van der Waals surface area (Å²) in [7, 11) is -3.60. The molecule has 1 aromatic carbocycles. The first kappa shape index (κ1) is 21.4. The number of nitrogens with two attached hydrogens (primary N) is 1. The smallest absolute Gasteiger partial charge is 0.214 e. The fourth-order valence-electron chi connectivity index (χ4n) is 5.93. The highest BCUT2D eigenvalue weighted by Crippen LogP contribution is 2.58. The fraction of sp³-hybridized carbons (Fsp3) is 0.619. The van der Waals surface area contributed by atoms with Crippen LogP contribution in [0.1, 0.15) is 46.0 Å². The van der Waals surface area contributed by atoms with Crippen molar-refractivity contribution < 1.29 is 13.2 Å². The monoisotopic (exact) mass is 450 g/mol. The SMILES string of the molecule is CC(C)(Oc1ccc(Cl)cc1)/C(=N\C#N)NC1C2CC3CC1CC(S(N)(=O)=O)(C3)C2. The van der Waals surface area contributed by atoms with E-state index >= 15 is 0 Å². The highest BCUT2D eigenvalue weighted by Gasteiger charge is 2.60. The topological polar surface area (TPSA) is 118 Å². The number of benzene rings is 1. The van der Waals surface area contributed by atoms with Crippen LogP contribution in [0.25, 0.3) is 0 Å². The Kier molecular flexibility index (Phi) is 5.28. The van der Waals surface area contributed by atoms with Crippen molar-refractivity contribution in [1.29, 1.82) is 5.26 Å². The second-order valence-electron chi connectivity index (χ2n) is 9.49. The molecule has 4 saturated carbocycles. The molecular weight excluding hydrogens is 424 g/mol. The molecule has 30 heavy (non-hydrogen) atoms. The van der Waals surface area contributed by atoms with Gasteiger partial charge in [-0.15, -0.1) is 0 Å². The molecule has 0 amide bonds. The van der Waals surface area contributed by atoms with Crippen molar-refractivity contribution in [2.75, 3.05) is 0 Å². The Morgan fingerprint density at radius 2 is 1.87 bits per heavy atom. The summed E-state index contributed by atoms with van der Waals surface area (Å²) in [4.78, 5) is 4.04. The van der Waals surface area contributed by atoms with Crippen LogP contribution in [0.2, 0.25) is 5.02 Å². The molecule has 9 heteroatoms. The Morgan fingerprint density at radius 3 is 2.40 bits per heavy atom. The van der Waals surface area contributed by atoms with E-state index in [1.165, 1.54) is 0 Å². The first-order valence-electron chi connectivity index (χ1n) is 10.2. The Hall–Kier alpha value is -1.82. The molecule has 0 aromatic heterocycles. The maximum atomic E-state index is 12.4. The highest BCUT2D eigenvalue weighted by molar-refractivity contribution is 7.90. The third kappa shape index (κ3) is 3.79. The molecule has 0 saturated heterocycles. The van der Waals surface area contributed by atoms with Gasteiger partial charge in [0.25, 0.3) is 0 Å². The van der Waals surface area contributed by atoms with Gasteiger partial charge in [-0.05, 0) is 88.0 Å². The van der Waals surface area contributed by atoms with Gasteiger partial charge in [0, 0.05) is 11.1 Å². The van der Waals surface area contributed by atoms with Gasteiger partial charge in [0.15, 0.2) is 11.4 Å². The van der Waals surface area contributed by atoms with Gasteiger partial charge in [-0.2, -0.15) is 10.3 Å². The van der Waals surface area contributed by atoms with Crippen LogP contribution < -0.4 is 15.2 Å². The minimum Gasteiger partial charge on any atom is -0.480 e. The predicted molar refractivity (Wildman–Crippen MR) is 116 cm³/mol. The first-order chi connectivity index (χ1) is 14.0. The molecule has 1 aromatic rings. The van der Waals surface area contributed by atoms with Crippen molar-refractivity contribution in [1.82, 2.24) is 5.32 Å². The number of halogens is 1. The van der Waals surface area contributed by atoms with Crippen molar-refractivity contribution in [2.24, 2.45) is 27.9 Å². The standard InChI is InChI=1S/C21H27ClN4O3S/c1-20(2,29-17-5-3-16(22)4-6-17)19(25-12-23)26-18-14-7-13-8-15(18)11-21(9-13,10-14)30(24,27)28/h3-6,13-15,18H,7-11H2,1-2H3,(H,25,26)(H2,24,27,28). The van der Waals surface area contributed by atoms with Gasteiger partial charge < -0.3 is 10.1 Å². The number of amidine groups is 1. The van der Waals surface area contributed by atoms with E-state index in [2.05, 4.69) is 10.3 Å². The second kappa shape index (κ2) is 7.40. The normalized spacial score (nSPS) is 33.2. The molecule has 3 N–H and O–H groups in total. The fourth-order valence-corrected chi connectivity index (χ4v) is 7.41. The van der Waals surface area contributed by atoms with E-state index in [4.69, 9.17) is 21.5 Å². The van der Waals surface area contributed by atoms with Crippen LogP contribution in [0.3, 0.4) is 0 Å². The lowest BCUT2D eigenvalue weighted by atomic mass is 9.53. The molecule has 0 heterocycles. The number of aliphatic imine (C=N–C) groups is 1. The molecule has 4 aliphatic carbocycles. The van der Waals surface area contributed by atoms with E-state index in [-0.39, 0.29) is 17.9 Å². The van der Waals surface area contributed by atoms with Gasteiger partial charge >= 0.3 is 0 Å². The quantitative estimate of drug-likeness (QED) is 0.405. The second-order valence-corrected chi connectivity index (χ2v) is 11.9. The maximum absolute atomic E-state index is 12.4. The summed E-state index contributed by atoms with van der Waals surface area (Å²) < 4.78 is 30.1. The predicted octanol–water partition coefficient (Wildman–Crippen LogP) is 3.20. The first-order valence-corrected chi connectivity index (χ1v) is 12.2. The summed E-state index contributed by atoms with van der Waals surface area (Å²) >= 11 is 5.95. The lowest BCUT2D eigenvalue weighted by molar-refractivity contribution is 0.00436. The molecule has 0 radical (unpaired) electrons. The lowest BCUT2D eigenvalue weighted by Crippen LogP contribution is -2.66. The van der Waals surface area contributed by atoms with Crippen molar-refractivity contribution in [2.45, 2.75) is 62.3 Å². The summed E-state index contributed by atoms with van der Waals surface area (Å²) in [5, 5.41) is 19.0. The van der Waals surface area contributed by atoms with Crippen molar-refractivity contribution in [3.05, 3.63) is 29.3 Å². The molecule has 0 spiro atoms. The molecule has 2 unspecified atom stereocenters. The molecule has 4 fully saturated rings. The van der Waals surface area contributed by atoms with Crippen LogP contribution in [0.4, 0.5) is 0 Å². The van der Waals surface area contributed by atoms with Crippen molar-refractivity contribution >= 4 is 27.5 Å². The van der Waals surface area contributed by atoms with Gasteiger partial charge in [0.1, 0.15) is 5.75 Å². The summed E-state index contributed by atoms with van der Waals surface area (Å²) in [6, 6.07) is 7.08. The van der Waals surface area contributed by atoms with Crippen LogP contribution in [0.15, 0.2) is 29.3 Å². The molecule has 4 bridgehead atoms. The number of rotatable bonds is 5. The maximum Gasteiger partial charge on any atom is 0.214 e. The average Bonchev–Trinajstić information content (AvgIpc) is 2.64. The number of ether oxygens (including phenoxy) is 1. The highest BCUT2D eigenvalue weighted by atomic mass is 35.5. The number of hydrogen-bond acceptors (Lipinski definition) is 5. The van der Waals surface area contributed by atoms with Gasteiger partial charge in [0.05, 0.1) is 4.75 Å². The molecule has 5 rings (SSSR count). The lowest BCUT2D eigenvalue weighted by Gasteiger charge is -2.59. The minimum atomic E-state index is -3.60. The molecule has 162 valence electrons. The van der Waals surface area contributed by atoms with Crippen LogP contribution in [0.5, 0.6) is 5.75 Å². The Labute approximate surface area is 182 Å². The minimum absolute atomic E-state index is 0.0524. The van der Waals surface area contributed by atoms with E-state index in [1.54, 1.807) is 24.3 Å². The molecular formula is C21H27ClN4O3S. The molecule has 4 aliphatic rings. The zero-order valence-corrected chi connectivity index (χ0v) is 18.7.